The second-order valence-corrected chi connectivity index (χ2v) is 7.56. The lowest BCUT2D eigenvalue weighted by Crippen LogP contribution is -2.61. The predicted molar refractivity (Wildman–Crippen MR) is 111 cm³/mol. The van der Waals surface area contributed by atoms with Gasteiger partial charge in [0, 0.05) is 26.4 Å². The SMILES string of the molecule is CCCCOC[C@H]1OC(O)[C@H](OCCCC)C(OCCCC)[C@H]1OCCCC. The summed E-state index contributed by atoms with van der Waals surface area (Å²) in [5.41, 5.74) is 0. The zero-order valence-corrected chi connectivity index (χ0v) is 18.6. The Bertz CT molecular complexity index is 354. The van der Waals surface area contributed by atoms with Crippen molar-refractivity contribution in [3.05, 3.63) is 0 Å². The minimum atomic E-state index is -1.03. The van der Waals surface area contributed by atoms with Crippen LogP contribution in [0.2, 0.25) is 0 Å². The Labute approximate surface area is 172 Å². The van der Waals surface area contributed by atoms with E-state index in [-0.39, 0.29) is 18.3 Å². The number of aliphatic hydroxyl groups excluding tert-OH is 1. The van der Waals surface area contributed by atoms with E-state index >= 15 is 0 Å². The standard InChI is InChI=1S/C22H44O6/c1-5-9-13-24-17-18-19(25-14-10-6-2)20(26-15-11-7-3)21(22(23)28-18)27-16-12-8-4/h18-23H,5-17H2,1-4H3/t18-,19+,20?,21-,22?/m1/s1. The molecule has 0 aliphatic carbocycles. The average molecular weight is 405 g/mol. The number of rotatable bonds is 17. The molecule has 6 heteroatoms. The highest BCUT2D eigenvalue weighted by Gasteiger charge is 2.47. The second-order valence-electron chi connectivity index (χ2n) is 7.56. The van der Waals surface area contributed by atoms with Crippen molar-refractivity contribution >= 4 is 0 Å². The molecular formula is C22H44O6. The maximum atomic E-state index is 10.6. The van der Waals surface area contributed by atoms with E-state index in [2.05, 4.69) is 27.7 Å². The number of ether oxygens (including phenoxy) is 5. The summed E-state index contributed by atoms with van der Waals surface area (Å²) in [6.45, 7) is 11.5. The van der Waals surface area contributed by atoms with Crippen LogP contribution in [0.5, 0.6) is 0 Å². The van der Waals surface area contributed by atoms with Crippen molar-refractivity contribution in [2.45, 2.75) is 110 Å². The lowest BCUT2D eigenvalue weighted by atomic mass is 9.98. The average Bonchev–Trinajstić information content (AvgIpc) is 2.69. The molecule has 168 valence electrons. The zero-order chi connectivity index (χ0) is 20.6. The van der Waals surface area contributed by atoms with Crippen LogP contribution >= 0.6 is 0 Å². The maximum absolute atomic E-state index is 10.6. The van der Waals surface area contributed by atoms with Gasteiger partial charge in [-0.2, -0.15) is 0 Å². The quantitative estimate of drug-likeness (QED) is 0.369. The molecule has 1 aliphatic rings. The van der Waals surface area contributed by atoms with Crippen LogP contribution in [0.3, 0.4) is 0 Å². The minimum Gasteiger partial charge on any atom is -0.379 e. The Morgan fingerprint density at radius 1 is 0.643 bits per heavy atom. The van der Waals surface area contributed by atoms with Crippen molar-refractivity contribution in [1.29, 1.82) is 0 Å². The first-order valence-corrected chi connectivity index (χ1v) is 11.5. The first-order chi connectivity index (χ1) is 13.7. The molecule has 28 heavy (non-hydrogen) atoms. The van der Waals surface area contributed by atoms with Gasteiger partial charge in [0.1, 0.15) is 24.4 Å². The van der Waals surface area contributed by atoms with E-state index in [1.165, 1.54) is 0 Å². The summed E-state index contributed by atoms with van der Waals surface area (Å²) >= 11 is 0. The molecule has 0 saturated carbocycles. The van der Waals surface area contributed by atoms with Gasteiger partial charge < -0.3 is 28.8 Å². The summed E-state index contributed by atoms with van der Waals surface area (Å²) in [7, 11) is 0. The lowest BCUT2D eigenvalue weighted by molar-refractivity contribution is -0.312. The molecule has 1 aliphatic heterocycles. The maximum Gasteiger partial charge on any atom is 0.184 e. The fourth-order valence-corrected chi connectivity index (χ4v) is 3.13. The molecule has 2 unspecified atom stereocenters. The molecule has 0 bridgehead atoms. The number of unbranched alkanes of at least 4 members (excludes halogenated alkanes) is 4. The summed E-state index contributed by atoms with van der Waals surface area (Å²) in [6, 6.07) is 0. The van der Waals surface area contributed by atoms with Crippen LogP contribution in [-0.4, -0.2) is 68.8 Å². The summed E-state index contributed by atoms with van der Waals surface area (Å²) in [5, 5.41) is 10.6. The second kappa shape index (κ2) is 16.5. The molecule has 0 aromatic heterocycles. The molecule has 6 nitrogen and oxygen atoms in total. The van der Waals surface area contributed by atoms with Gasteiger partial charge in [-0.05, 0) is 25.7 Å². The van der Waals surface area contributed by atoms with E-state index in [4.69, 9.17) is 23.7 Å². The highest BCUT2D eigenvalue weighted by Crippen LogP contribution is 2.28. The van der Waals surface area contributed by atoms with Crippen LogP contribution in [0.1, 0.15) is 79.1 Å². The fourth-order valence-electron chi connectivity index (χ4n) is 3.13. The molecule has 0 radical (unpaired) electrons. The van der Waals surface area contributed by atoms with Gasteiger partial charge in [0.15, 0.2) is 6.29 Å². The summed E-state index contributed by atoms with van der Waals surface area (Å²) in [4.78, 5) is 0. The van der Waals surface area contributed by atoms with E-state index in [1.54, 1.807) is 0 Å². The predicted octanol–water partition coefficient (Wildman–Crippen LogP) is 4.08. The third-order valence-electron chi connectivity index (χ3n) is 4.96. The van der Waals surface area contributed by atoms with Gasteiger partial charge in [0.05, 0.1) is 6.61 Å². The molecule has 0 amide bonds. The van der Waals surface area contributed by atoms with Gasteiger partial charge in [-0.15, -0.1) is 0 Å². The Balaban J connectivity index is 2.84. The van der Waals surface area contributed by atoms with Crippen molar-refractivity contribution in [2.75, 3.05) is 33.0 Å². The fraction of sp³-hybridized carbons (Fsp3) is 1.00. The Morgan fingerprint density at radius 2 is 1.11 bits per heavy atom. The smallest absolute Gasteiger partial charge is 0.184 e. The first kappa shape index (κ1) is 25.8. The molecule has 1 N–H and O–H groups in total. The summed E-state index contributed by atoms with van der Waals surface area (Å²) < 4.78 is 30.1. The van der Waals surface area contributed by atoms with Crippen LogP contribution in [0, 0.1) is 0 Å². The largest absolute Gasteiger partial charge is 0.379 e. The highest BCUT2D eigenvalue weighted by atomic mass is 16.7. The van der Waals surface area contributed by atoms with Crippen LogP contribution in [0.25, 0.3) is 0 Å². The van der Waals surface area contributed by atoms with Crippen LogP contribution in [0.15, 0.2) is 0 Å². The first-order valence-electron chi connectivity index (χ1n) is 11.5. The topological polar surface area (TPSA) is 66.4 Å². The van der Waals surface area contributed by atoms with Gasteiger partial charge >= 0.3 is 0 Å². The Morgan fingerprint density at radius 3 is 1.64 bits per heavy atom. The molecule has 0 spiro atoms. The van der Waals surface area contributed by atoms with Crippen molar-refractivity contribution in [3.63, 3.8) is 0 Å². The van der Waals surface area contributed by atoms with Gasteiger partial charge in [-0.25, -0.2) is 0 Å². The van der Waals surface area contributed by atoms with Crippen LogP contribution in [-0.2, 0) is 23.7 Å². The molecular weight excluding hydrogens is 360 g/mol. The van der Waals surface area contributed by atoms with E-state index in [0.717, 1.165) is 51.4 Å². The molecule has 1 heterocycles. The van der Waals surface area contributed by atoms with E-state index < -0.39 is 12.4 Å². The molecule has 1 fully saturated rings. The van der Waals surface area contributed by atoms with Crippen molar-refractivity contribution in [2.24, 2.45) is 0 Å². The third kappa shape index (κ3) is 9.51. The monoisotopic (exact) mass is 404 g/mol. The molecule has 1 rings (SSSR count). The Kier molecular flexibility index (Phi) is 15.2. The van der Waals surface area contributed by atoms with Crippen molar-refractivity contribution in [3.8, 4) is 0 Å². The molecule has 1 saturated heterocycles. The molecule has 0 aromatic rings. The van der Waals surface area contributed by atoms with Crippen LogP contribution < -0.4 is 0 Å². The summed E-state index contributed by atoms with van der Waals surface area (Å²) in [6.07, 6.45) is 5.53. The molecule has 5 atom stereocenters. The third-order valence-corrected chi connectivity index (χ3v) is 4.96. The Hall–Kier alpha value is -0.240. The van der Waals surface area contributed by atoms with Gasteiger partial charge in [-0.3, -0.25) is 0 Å². The molecule has 0 aromatic carbocycles. The minimum absolute atomic E-state index is 0.306. The normalized spacial score (nSPS) is 28.0. The van der Waals surface area contributed by atoms with Crippen LogP contribution in [0.4, 0.5) is 0 Å². The number of aliphatic hydroxyl groups is 1. The van der Waals surface area contributed by atoms with Gasteiger partial charge in [0.25, 0.3) is 0 Å². The van der Waals surface area contributed by atoms with Crippen molar-refractivity contribution < 1.29 is 28.8 Å². The lowest BCUT2D eigenvalue weighted by Gasteiger charge is -2.44. The summed E-state index contributed by atoms with van der Waals surface area (Å²) in [5.74, 6) is 0. The van der Waals surface area contributed by atoms with Gasteiger partial charge in [0.2, 0.25) is 0 Å². The van der Waals surface area contributed by atoms with E-state index in [1.807, 2.05) is 0 Å². The van der Waals surface area contributed by atoms with Gasteiger partial charge in [-0.1, -0.05) is 53.4 Å². The highest BCUT2D eigenvalue weighted by molar-refractivity contribution is 4.92. The van der Waals surface area contributed by atoms with Crippen molar-refractivity contribution in [1.82, 2.24) is 0 Å². The van der Waals surface area contributed by atoms with E-state index in [9.17, 15) is 5.11 Å². The van der Waals surface area contributed by atoms with E-state index in [0.29, 0.717) is 33.0 Å². The number of hydrogen-bond acceptors (Lipinski definition) is 6. The number of hydrogen-bond donors (Lipinski definition) is 1. The zero-order valence-electron chi connectivity index (χ0n) is 18.6.